The van der Waals surface area contributed by atoms with Crippen LogP contribution in [0.5, 0.6) is 0 Å². The number of amides is 1. The number of carbonyl (C=O) groups is 1. The van der Waals surface area contributed by atoms with Gasteiger partial charge in [-0.3, -0.25) is 4.79 Å². The zero-order valence-corrected chi connectivity index (χ0v) is 12.5. The van der Waals surface area contributed by atoms with Gasteiger partial charge < -0.3 is 4.90 Å². The summed E-state index contributed by atoms with van der Waals surface area (Å²) in [7, 11) is 1.41. The van der Waals surface area contributed by atoms with E-state index in [-0.39, 0.29) is 4.47 Å². The van der Waals surface area contributed by atoms with E-state index < -0.39 is 23.1 Å². The smallest absolute Gasteiger partial charge is 0.263 e. The molecule has 2 aromatic carbocycles. The molecule has 2 rings (SSSR count). The Bertz CT molecular complexity index is 715. The molecule has 0 spiro atoms. The fourth-order valence-electron chi connectivity index (χ4n) is 1.79. The summed E-state index contributed by atoms with van der Waals surface area (Å²) >= 11 is 2.96. The lowest BCUT2D eigenvalue weighted by Crippen LogP contribution is -2.28. The Balaban J connectivity index is 2.37. The van der Waals surface area contributed by atoms with E-state index in [0.29, 0.717) is 11.3 Å². The monoisotopic (exact) mass is 350 g/mol. The molecule has 0 N–H and O–H groups in total. The highest BCUT2D eigenvalue weighted by atomic mass is 79.9. The average molecular weight is 351 g/mol. The van der Waals surface area contributed by atoms with E-state index in [4.69, 9.17) is 5.26 Å². The topological polar surface area (TPSA) is 44.1 Å². The first-order valence-corrected chi connectivity index (χ1v) is 6.66. The van der Waals surface area contributed by atoms with E-state index in [2.05, 4.69) is 15.9 Å². The molecule has 0 saturated carbocycles. The summed E-state index contributed by atoms with van der Waals surface area (Å²) in [6, 6.07) is 10.1. The number of carbonyl (C=O) groups excluding carboxylic acids is 1. The third-order valence-corrected chi connectivity index (χ3v) is 3.37. The van der Waals surface area contributed by atoms with Gasteiger partial charge in [0.2, 0.25) is 0 Å². The van der Waals surface area contributed by atoms with Crippen molar-refractivity contribution in [1.29, 1.82) is 5.26 Å². The first-order valence-electron chi connectivity index (χ1n) is 5.87. The van der Waals surface area contributed by atoms with Crippen molar-refractivity contribution < 1.29 is 13.6 Å². The lowest BCUT2D eigenvalue weighted by molar-refractivity contribution is 0.0985. The van der Waals surface area contributed by atoms with Gasteiger partial charge in [0.15, 0.2) is 0 Å². The number of rotatable bonds is 2. The Morgan fingerprint density at radius 2 is 1.71 bits per heavy atom. The summed E-state index contributed by atoms with van der Waals surface area (Å²) in [5.74, 6) is -2.68. The Morgan fingerprint density at radius 3 is 2.19 bits per heavy atom. The summed E-state index contributed by atoms with van der Waals surface area (Å²) in [5, 5.41) is 8.72. The van der Waals surface area contributed by atoms with E-state index in [1.807, 2.05) is 6.07 Å². The first-order chi connectivity index (χ1) is 9.93. The molecule has 1 amide bonds. The van der Waals surface area contributed by atoms with Crippen LogP contribution in [0.3, 0.4) is 0 Å². The molecule has 0 aromatic heterocycles. The predicted molar refractivity (Wildman–Crippen MR) is 77.9 cm³/mol. The van der Waals surface area contributed by atoms with Crippen molar-refractivity contribution >= 4 is 27.5 Å². The summed E-state index contributed by atoms with van der Waals surface area (Å²) in [4.78, 5) is 13.3. The quantitative estimate of drug-likeness (QED) is 0.824. The summed E-state index contributed by atoms with van der Waals surface area (Å²) < 4.78 is 27.8. The fourth-order valence-corrected chi connectivity index (χ4v) is 2.19. The van der Waals surface area contributed by atoms with Gasteiger partial charge in [-0.05, 0) is 36.4 Å². The van der Waals surface area contributed by atoms with Crippen molar-refractivity contribution in [2.24, 2.45) is 0 Å². The Morgan fingerprint density at radius 1 is 1.19 bits per heavy atom. The van der Waals surface area contributed by atoms with Crippen LogP contribution >= 0.6 is 15.9 Å². The third kappa shape index (κ3) is 3.09. The molecule has 0 heterocycles. The number of halogens is 3. The van der Waals surface area contributed by atoms with Crippen LogP contribution in [-0.4, -0.2) is 13.0 Å². The highest BCUT2D eigenvalue weighted by Crippen LogP contribution is 2.23. The van der Waals surface area contributed by atoms with Crippen LogP contribution < -0.4 is 4.90 Å². The molecule has 6 heteroatoms. The van der Waals surface area contributed by atoms with E-state index in [1.54, 1.807) is 0 Å². The molecule has 0 saturated heterocycles. The molecule has 3 nitrogen and oxygen atoms in total. The zero-order chi connectivity index (χ0) is 15.6. The van der Waals surface area contributed by atoms with Crippen LogP contribution in [0.15, 0.2) is 40.9 Å². The molecule has 0 aliphatic carbocycles. The third-order valence-electron chi connectivity index (χ3n) is 2.91. The molecule has 0 bridgehead atoms. The zero-order valence-electron chi connectivity index (χ0n) is 10.9. The molecule has 0 fully saturated rings. The summed E-state index contributed by atoms with van der Waals surface area (Å²) in [6.45, 7) is 0. The molecule has 0 unspecified atom stereocenters. The lowest BCUT2D eigenvalue weighted by Gasteiger charge is -2.18. The van der Waals surface area contributed by atoms with Crippen LogP contribution in [0.1, 0.15) is 15.9 Å². The van der Waals surface area contributed by atoms with Gasteiger partial charge in [-0.2, -0.15) is 5.26 Å². The SMILES string of the molecule is CN(C(=O)c1c(F)cc(Br)cc1F)c1ccc(C#N)cc1. The number of nitriles is 1. The molecular weight excluding hydrogens is 342 g/mol. The normalized spacial score (nSPS) is 10.0. The Kier molecular flexibility index (Phi) is 4.34. The van der Waals surface area contributed by atoms with Crippen LogP contribution in [0.25, 0.3) is 0 Å². The maximum Gasteiger partial charge on any atom is 0.263 e. The minimum absolute atomic E-state index is 0.218. The van der Waals surface area contributed by atoms with E-state index in [1.165, 1.54) is 31.3 Å². The second kappa shape index (κ2) is 6.02. The highest BCUT2D eigenvalue weighted by Gasteiger charge is 2.22. The number of hydrogen-bond donors (Lipinski definition) is 0. The second-order valence-corrected chi connectivity index (χ2v) is 5.18. The van der Waals surface area contributed by atoms with Crippen LogP contribution in [0.2, 0.25) is 0 Å². The largest absolute Gasteiger partial charge is 0.311 e. The summed E-state index contributed by atoms with van der Waals surface area (Å²) in [5.41, 5.74) is 0.242. The molecule has 2 aromatic rings. The van der Waals surface area contributed by atoms with Crippen molar-refractivity contribution in [1.82, 2.24) is 0 Å². The number of hydrogen-bond acceptors (Lipinski definition) is 2. The number of benzene rings is 2. The van der Waals surface area contributed by atoms with Crippen molar-refractivity contribution in [2.75, 3.05) is 11.9 Å². The number of nitrogens with zero attached hydrogens (tertiary/aromatic N) is 2. The number of anilines is 1. The molecular formula is C15H9BrF2N2O. The lowest BCUT2D eigenvalue weighted by atomic mass is 10.1. The maximum atomic E-state index is 13.8. The standard InChI is InChI=1S/C15H9BrF2N2O/c1-20(11-4-2-9(8-19)3-5-11)15(21)14-12(17)6-10(16)7-13(14)18/h2-7H,1H3. The van der Waals surface area contributed by atoms with Crippen molar-refractivity contribution in [3.63, 3.8) is 0 Å². The van der Waals surface area contributed by atoms with Crippen molar-refractivity contribution in [3.05, 3.63) is 63.6 Å². The van der Waals surface area contributed by atoms with Gasteiger partial charge >= 0.3 is 0 Å². The van der Waals surface area contributed by atoms with E-state index in [0.717, 1.165) is 17.0 Å². The maximum absolute atomic E-state index is 13.8. The molecule has 0 radical (unpaired) electrons. The van der Waals surface area contributed by atoms with Gasteiger partial charge in [-0.1, -0.05) is 15.9 Å². The Hall–Kier alpha value is -2.26. The fraction of sp³-hybridized carbons (Fsp3) is 0.0667. The molecule has 0 atom stereocenters. The second-order valence-electron chi connectivity index (χ2n) is 4.27. The van der Waals surface area contributed by atoms with E-state index >= 15 is 0 Å². The van der Waals surface area contributed by atoms with Crippen LogP contribution in [0, 0.1) is 23.0 Å². The molecule has 21 heavy (non-hydrogen) atoms. The van der Waals surface area contributed by atoms with Crippen molar-refractivity contribution in [2.45, 2.75) is 0 Å². The van der Waals surface area contributed by atoms with Gasteiger partial charge in [0, 0.05) is 17.2 Å². The van der Waals surface area contributed by atoms with Gasteiger partial charge in [0.25, 0.3) is 5.91 Å². The average Bonchev–Trinajstić information content (AvgIpc) is 2.45. The molecule has 0 aliphatic heterocycles. The van der Waals surface area contributed by atoms with Crippen molar-refractivity contribution in [3.8, 4) is 6.07 Å². The minimum Gasteiger partial charge on any atom is -0.311 e. The molecule has 106 valence electrons. The highest BCUT2D eigenvalue weighted by molar-refractivity contribution is 9.10. The van der Waals surface area contributed by atoms with Gasteiger partial charge in [-0.25, -0.2) is 8.78 Å². The van der Waals surface area contributed by atoms with Gasteiger partial charge in [0.1, 0.15) is 17.2 Å². The molecule has 0 aliphatic rings. The van der Waals surface area contributed by atoms with Gasteiger partial charge in [0.05, 0.1) is 11.6 Å². The predicted octanol–water partition coefficient (Wildman–Crippen LogP) is 3.88. The summed E-state index contributed by atoms with van der Waals surface area (Å²) in [6.07, 6.45) is 0. The first kappa shape index (κ1) is 15.1. The van der Waals surface area contributed by atoms with E-state index in [9.17, 15) is 13.6 Å². The Labute approximate surface area is 128 Å². The van der Waals surface area contributed by atoms with Crippen LogP contribution in [-0.2, 0) is 0 Å². The minimum atomic E-state index is -0.938. The van der Waals surface area contributed by atoms with Crippen LogP contribution in [0.4, 0.5) is 14.5 Å². The van der Waals surface area contributed by atoms with Gasteiger partial charge in [-0.15, -0.1) is 0 Å².